The monoisotopic (exact) mass is 295 g/mol. The van der Waals surface area contributed by atoms with Gasteiger partial charge in [-0.1, -0.05) is 32.8 Å². The van der Waals surface area contributed by atoms with E-state index in [0.717, 1.165) is 29.0 Å². The maximum atomic E-state index is 13.2. The molecule has 1 aliphatic carbocycles. The third-order valence-corrected chi connectivity index (χ3v) is 5.35. The summed E-state index contributed by atoms with van der Waals surface area (Å²) in [5.74, 6) is 2.53. The predicted molar refractivity (Wildman–Crippen MR) is 85.7 cm³/mol. The molecule has 0 aliphatic heterocycles. The van der Waals surface area contributed by atoms with E-state index in [9.17, 15) is 4.39 Å². The van der Waals surface area contributed by atoms with Crippen LogP contribution in [0.2, 0.25) is 0 Å². The van der Waals surface area contributed by atoms with E-state index in [0.29, 0.717) is 6.04 Å². The third kappa shape index (κ3) is 4.78. The van der Waals surface area contributed by atoms with Gasteiger partial charge in [0, 0.05) is 16.7 Å². The Labute approximate surface area is 126 Å². The summed E-state index contributed by atoms with van der Waals surface area (Å²) in [6.45, 7) is 5.56. The van der Waals surface area contributed by atoms with Crippen LogP contribution in [0.1, 0.15) is 39.5 Å². The molecule has 0 radical (unpaired) electrons. The molecule has 0 amide bonds. The molecule has 1 N–H and O–H groups in total. The lowest BCUT2D eigenvalue weighted by Crippen LogP contribution is -2.40. The molecule has 0 saturated heterocycles. The summed E-state index contributed by atoms with van der Waals surface area (Å²) in [6.07, 6.45) is 5.41. The highest BCUT2D eigenvalue weighted by Crippen LogP contribution is 2.33. The van der Waals surface area contributed by atoms with Crippen molar-refractivity contribution >= 4 is 11.8 Å². The van der Waals surface area contributed by atoms with Crippen molar-refractivity contribution in [2.24, 2.45) is 11.8 Å². The first-order valence-corrected chi connectivity index (χ1v) is 8.79. The average Bonchev–Trinajstić information content (AvgIpc) is 2.43. The van der Waals surface area contributed by atoms with Crippen molar-refractivity contribution in [2.45, 2.75) is 50.5 Å². The first kappa shape index (κ1) is 15.8. The number of thioether (sulfide) groups is 1. The van der Waals surface area contributed by atoms with Gasteiger partial charge in [-0.05, 0) is 49.4 Å². The van der Waals surface area contributed by atoms with Gasteiger partial charge in [0.15, 0.2) is 0 Å². The fourth-order valence-electron chi connectivity index (χ4n) is 3.21. The van der Waals surface area contributed by atoms with Crippen LogP contribution >= 0.6 is 11.8 Å². The lowest BCUT2D eigenvalue weighted by Gasteiger charge is -2.33. The van der Waals surface area contributed by atoms with Gasteiger partial charge >= 0.3 is 0 Å². The van der Waals surface area contributed by atoms with Crippen molar-refractivity contribution in [1.29, 1.82) is 0 Å². The van der Waals surface area contributed by atoms with Crippen LogP contribution in [0.15, 0.2) is 29.2 Å². The fourth-order valence-corrected chi connectivity index (χ4v) is 4.35. The predicted octanol–water partition coefficient (Wildman–Crippen LogP) is 4.72. The van der Waals surface area contributed by atoms with Crippen LogP contribution in [-0.4, -0.2) is 18.3 Å². The maximum Gasteiger partial charge on any atom is 0.124 e. The van der Waals surface area contributed by atoms with Gasteiger partial charge in [0.1, 0.15) is 5.82 Å². The summed E-state index contributed by atoms with van der Waals surface area (Å²) in [4.78, 5) is 1.04. The summed E-state index contributed by atoms with van der Waals surface area (Å²) < 4.78 is 13.2. The zero-order valence-corrected chi connectivity index (χ0v) is 13.4. The topological polar surface area (TPSA) is 12.0 Å². The van der Waals surface area contributed by atoms with Crippen LogP contribution in [0.25, 0.3) is 0 Å². The summed E-state index contributed by atoms with van der Waals surface area (Å²) in [7, 11) is 0. The molecule has 1 aromatic carbocycles. The molecule has 0 aromatic heterocycles. The largest absolute Gasteiger partial charge is 0.313 e. The third-order valence-electron chi connectivity index (χ3n) is 4.24. The molecule has 0 bridgehead atoms. The van der Waals surface area contributed by atoms with Crippen LogP contribution in [0.3, 0.4) is 0 Å². The minimum atomic E-state index is -0.138. The molecule has 2 rings (SSSR count). The van der Waals surface area contributed by atoms with Crippen LogP contribution in [0, 0.1) is 17.7 Å². The van der Waals surface area contributed by atoms with Gasteiger partial charge in [0.05, 0.1) is 0 Å². The first-order valence-electron chi connectivity index (χ1n) is 7.80. The zero-order valence-electron chi connectivity index (χ0n) is 12.6. The first-order chi connectivity index (χ1) is 9.69. The van der Waals surface area contributed by atoms with Crippen molar-refractivity contribution < 1.29 is 4.39 Å². The van der Waals surface area contributed by atoms with E-state index in [1.807, 2.05) is 6.07 Å². The van der Waals surface area contributed by atoms with Gasteiger partial charge < -0.3 is 5.32 Å². The number of halogens is 1. The SMILES string of the molecule is CCNC(CSc1cccc(F)c1)C1CCCC(C)C1. The zero-order chi connectivity index (χ0) is 14.4. The van der Waals surface area contributed by atoms with Crippen LogP contribution in [0.5, 0.6) is 0 Å². The van der Waals surface area contributed by atoms with Crippen molar-refractivity contribution in [3.05, 3.63) is 30.1 Å². The molecule has 1 nitrogen and oxygen atoms in total. The normalized spacial score (nSPS) is 24.6. The Hall–Kier alpha value is -0.540. The van der Waals surface area contributed by atoms with Crippen LogP contribution in [0.4, 0.5) is 4.39 Å². The Balaban J connectivity index is 1.91. The standard InChI is InChI=1S/C17H26FNS/c1-3-19-17(14-7-4-6-13(2)10-14)12-20-16-9-5-8-15(18)11-16/h5,8-9,11,13-14,17,19H,3-4,6-7,10,12H2,1-2H3. The minimum absolute atomic E-state index is 0.138. The quantitative estimate of drug-likeness (QED) is 0.762. The number of nitrogens with one attached hydrogen (secondary N) is 1. The number of hydrogen-bond acceptors (Lipinski definition) is 2. The highest BCUT2D eigenvalue weighted by molar-refractivity contribution is 7.99. The Morgan fingerprint density at radius 2 is 2.25 bits per heavy atom. The Morgan fingerprint density at radius 1 is 1.40 bits per heavy atom. The van der Waals surface area contributed by atoms with E-state index in [-0.39, 0.29) is 5.82 Å². The summed E-state index contributed by atoms with van der Waals surface area (Å²) in [6, 6.07) is 7.49. The molecule has 1 fully saturated rings. The second-order valence-corrected chi connectivity index (χ2v) is 7.06. The van der Waals surface area contributed by atoms with Crippen molar-refractivity contribution in [1.82, 2.24) is 5.32 Å². The smallest absolute Gasteiger partial charge is 0.124 e. The molecule has 3 atom stereocenters. The molecule has 3 heteroatoms. The molecule has 0 heterocycles. The van der Waals surface area contributed by atoms with E-state index >= 15 is 0 Å². The van der Waals surface area contributed by atoms with E-state index in [1.54, 1.807) is 23.9 Å². The average molecular weight is 295 g/mol. The Bertz CT molecular complexity index is 410. The van der Waals surface area contributed by atoms with Gasteiger partial charge in [0.25, 0.3) is 0 Å². The second kappa shape index (κ2) is 8.04. The lowest BCUT2D eigenvalue weighted by molar-refractivity contribution is 0.235. The maximum absolute atomic E-state index is 13.2. The number of benzene rings is 1. The fraction of sp³-hybridized carbons (Fsp3) is 0.647. The van der Waals surface area contributed by atoms with Crippen LogP contribution < -0.4 is 5.32 Å². The lowest BCUT2D eigenvalue weighted by atomic mass is 9.79. The molecule has 1 saturated carbocycles. The van der Waals surface area contributed by atoms with E-state index in [2.05, 4.69) is 19.2 Å². The molecule has 20 heavy (non-hydrogen) atoms. The Kier molecular flexibility index (Phi) is 6.37. The van der Waals surface area contributed by atoms with Gasteiger partial charge in [-0.3, -0.25) is 0 Å². The highest BCUT2D eigenvalue weighted by Gasteiger charge is 2.26. The molecule has 1 aromatic rings. The molecule has 1 aliphatic rings. The minimum Gasteiger partial charge on any atom is -0.313 e. The van der Waals surface area contributed by atoms with E-state index in [1.165, 1.54) is 31.7 Å². The van der Waals surface area contributed by atoms with Crippen molar-refractivity contribution in [3.63, 3.8) is 0 Å². The van der Waals surface area contributed by atoms with Crippen molar-refractivity contribution in [2.75, 3.05) is 12.3 Å². The molecular weight excluding hydrogens is 269 g/mol. The summed E-state index contributed by atoms with van der Waals surface area (Å²) in [5, 5.41) is 3.64. The highest BCUT2D eigenvalue weighted by atomic mass is 32.2. The van der Waals surface area contributed by atoms with Gasteiger partial charge in [0.2, 0.25) is 0 Å². The molecular formula is C17H26FNS. The number of rotatable bonds is 6. The van der Waals surface area contributed by atoms with Crippen molar-refractivity contribution in [3.8, 4) is 0 Å². The molecule has 112 valence electrons. The van der Waals surface area contributed by atoms with E-state index < -0.39 is 0 Å². The van der Waals surface area contributed by atoms with Gasteiger partial charge in [-0.15, -0.1) is 11.8 Å². The number of hydrogen-bond donors (Lipinski definition) is 1. The molecule has 3 unspecified atom stereocenters. The van der Waals surface area contributed by atoms with Gasteiger partial charge in [-0.25, -0.2) is 4.39 Å². The van der Waals surface area contributed by atoms with E-state index in [4.69, 9.17) is 0 Å². The van der Waals surface area contributed by atoms with Crippen LogP contribution in [-0.2, 0) is 0 Å². The summed E-state index contributed by atoms with van der Waals surface area (Å²) >= 11 is 1.78. The molecule has 0 spiro atoms. The Morgan fingerprint density at radius 3 is 2.95 bits per heavy atom. The summed E-state index contributed by atoms with van der Waals surface area (Å²) in [5.41, 5.74) is 0. The second-order valence-electron chi connectivity index (χ2n) is 5.96. The van der Waals surface area contributed by atoms with Gasteiger partial charge in [-0.2, -0.15) is 0 Å².